The van der Waals surface area contributed by atoms with E-state index in [-0.39, 0.29) is 11.7 Å². The molecule has 28 heavy (non-hydrogen) atoms. The molecular formula is C20H20N4O3S. The number of carbonyl (C=O) groups excluding carboxylic acids is 1. The van der Waals surface area contributed by atoms with Crippen LogP contribution >= 0.6 is 11.8 Å². The number of hydrogen-bond donors (Lipinski definition) is 2. The van der Waals surface area contributed by atoms with Crippen LogP contribution in [-0.4, -0.2) is 34.1 Å². The zero-order chi connectivity index (χ0) is 19.7. The first-order valence-electron chi connectivity index (χ1n) is 8.98. The summed E-state index contributed by atoms with van der Waals surface area (Å²) >= 11 is 1.50. The molecule has 2 aromatic rings. The Labute approximate surface area is 166 Å². The van der Waals surface area contributed by atoms with Crippen LogP contribution in [0, 0.1) is 0 Å². The predicted molar refractivity (Wildman–Crippen MR) is 108 cm³/mol. The largest absolute Gasteiger partial charge is 0.504 e. The SMILES string of the molecule is CCCSC1=NN2C(=c3ccccc3=NC2c2ccc(OC)c(O)c2)C(=O)N1. The maximum absolute atomic E-state index is 12.9. The first-order valence-corrected chi connectivity index (χ1v) is 9.97. The van der Waals surface area contributed by atoms with Crippen molar-refractivity contribution in [2.45, 2.75) is 19.5 Å². The fraction of sp³-hybridized carbons (Fsp3) is 0.250. The number of rotatable bonds is 4. The molecule has 0 aliphatic carbocycles. The van der Waals surface area contributed by atoms with Gasteiger partial charge in [0.05, 0.1) is 12.5 Å². The van der Waals surface area contributed by atoms with E-state index in [0.29, 0.717) is 27.5 Å². The minimum absolute atomic E-state index is 0.0154. The number of ether oxygens (including phenoxy) is 1. The summed E-state index contributed by atoms with van der Waals surface area (Å²) in [6, 6.07) is 12.6. The Balaban J connectivity index is 1.88. The second kappa shape index (κ2) is 7.55. The second-order valence-corrected chi connectivity index (χ2v) is 7.44. The number of aromatic hydroxyl groups is 1. The maximum Gasteiger partial charge on any atom is 0.276 e. The molecule has 0 radical (unpaired) electrons. The zero-order valence-corrected chi connectivity index (χ0v) is 16.4. The number of para-hydroxylation sites is 1. The Hall–Kier alpha value is -3.00. The van der Waals surface area contributed by atoms with Gasteiger partial charge in [-0.3, -0.25) is 15.1 Å². The highest BCUT2D eigenvalue weighted by molar-refractivity contribution is 8.13. The van der Waals surface area contributed by atoms with E-state index in [1.807, 2.05) is 30.3 Å². The van der Waals surface area contributed by atoms with E-state index >= 15 is 0 Å². The zero-order valence-electron chi connectivity index (χ0n) is 15.5. The fourth-order valence-corrected chi connectivity index (χ4v) is 3.88. The minimum Gasteiger partial charge on any atom is -0.504 e. The molecular weight excluding hydrogens is 376 g/mol. The molecule has 2 aliphatic rings. The molecule has 0 saturated heterocycles. The van der Waals surface area contributed by atoms with Gasteiger partial charge in [-0.05, 0) is 24.6 Å². The van der Waals surface area contributed by atoms with Crippen molar-refractivity contribution in [2.24, 2.45) is 10.1 Å². The molecule has 144 valence electrons. The van der Waals surface area contributed by atoms with Crippen LogP contribution in [0.2, 0.25) is 0 Å². The molecule has 0 bridgehead atoms. The lowest BCUT2D eigenvalue weighted by Gasteiger charge is -2.34. The molecule has 2 heterocycles. The average Bonchev–Trinajstić information content (AvgIpc) is 2.71. The van der Waals surface area contributed by atoms with Crippen LogP contribution < -0.4 is 20.6 Å². The van der Waals surface area contributed by atoms with Crippen LogP contribution in [0.15, 0.2) is 52.6 Å². The van der Waals surface area contributed by atoms with Gasteiger partial charge in [-0.2, -0.15) is 0 Å². The molecule has 4 rings (SSSR count). The Bertz CT molecular complexity index is 1080. The first-order chi connectivity index (χ1) is 13.6. The van der Waals surface area contributed by atoms with Crippen molar-refractivity contribution >= 4 is 28.5 Å². The second-order valence-electron chi connectivity index (χ2n) is 6.35. The van der Waals surface area contributed by atoms with E-state index in [4.69, 9.17) is 9.73 Å². The van der Waals surface area contributed by atoms with Crippen molar-refractivity contribution in [3.8, 4) is 11.5 Å². The number of nitrogens with one attached hydrogen (secondary N) is 1. The van der Waals surface area contributed by atoms with E-state index in [0.717, 1.165) is 17.4 Å². The lowest BCUT2D eigenvalue weighted by Crippen LogP contribution is -2.50. The van der Waals surface area contributed by atoms with Gasteiger partial charge in [-0.15, -0.1) is 5.10 Å². The van der Waals surface area contributed by atoms with Gasteiger partial charge >= 0.3 is 0 Å². The maximum atomic E-state index is 12.9. The summed E-state index contributed by atoms with van der Waals surface area (Å²) in [4.78, 5) is 17.7. The van der Waals surface area contributed by atoms with E-state index in [9.17, 15) is 9.90 Å². The number of thioether (sulfide) groups is 1. The van der Waals surface area contributed by atoms with Crippen LogP contribution in [0.25, 0.3) is 5.70 Å². The molecule has 0 aromatic heterocycles. The summed E-state index contributed by atoms with van der Waals surface area (Å²) in [5.74, 6) is 1.04. The summed E-state index contributed by atoms with van der Waals surface area (Å²) in [6.45, 7) is 2.07. The van der Waals surface area contributed by atoms with Crippen LogP contribution in [-0.2, 0) is 4.79 Å². The van der Waals surface area contributed by atoms with Gasteiger partial charge in [0.25, 0.3) is 5.91 Å². The summed E-state index contributed by atoms with van der Waals surface area (Å²) in [5, 5.41) is 21.4. The van der Waals surface area contributed by atoms with Crippen molar-refractivity contribution in [1.82, 2.24) is 10.3 Å². The number of hydrazone groups is 1. The molecule has 7 nitrogen and oxygen atoms in total. The van der Waals surface area contributed by atoms with Crippen LogP contribution in [0.5, 0.6) is 11.5 Å². The number of hydrogen-bond acceptors (Lipinski definition) is 7. The molecule has 8 heteroatoms. The average molecular weight is 396 g/mol. The monoisotopic (exact) mass is 396 g/mol. The summed E-state index contributed by atoms with van der Waals surface area (Å²) < 4.78 is 5.13. The van der Waals surface area contributed by atoms with Gasteiger partial charge in [-0.25, -0.2) is 5.01 Å². The first kappa shape index (κ1) is 18.4. The molecule has 2 aromatic carbocycles. The highest BCUT2D eigenvalue weighted by atomic mass is 32.2. The molecule has 2 N–H and O–H groups in total. The third-order valence-electron chi connectivity index (χ3n) is 4.46. The summed E-state index contributed by atoms with van der Waals surface area (Å²) in [6.07, 6.45) is 0.407. The van der Waals surface area contributed by atoms with Gasteiger partial charge in [0.15, 0.2) is 22.8 Å². The topological polar surface area (TPSA) is 86.5 Å². The van der Waals surface area contributed by atoms with E-state index < -0.39 is 6.17 Å². The highest BCUT2D eigenvalue weighted by Gasteiger charge is 2.34. The smallest absolute Gasteiger partial charge is 0.276 e. The number of benzene rings is 2. The van der Waals surface area contributed by atoms with Gasteiger partial charge in [0.2, 0.25) is 0 Å². The highest BCUT2D eigenvalue weighted by Crippen LogP contribution is 2.35. The molecule has 0 spiro atoms. The van der Waals surface area contributed by atoms with Gasteiger partial charge < -0.3 is 9.84 Å². The molecule has 0 saturated carbocycles. The number of amidine groups is 1. The number of nitrogens with zero attached hydrogens (tertiary/aromatic N) is 3. The van der Waals surface area contributed by atoms with Crippen molar-refractivity contribution in [2.75, 3.05) is 12.9 Å². The lowest BCUT2D eigenvalue weighted by molar-refractivity contribution is -0.116. The van der Waals surface area contributed by atoms with Crippen LogP contribution in [0.3, 0.4) is 0 Å². The van der Waals surface area contributed by atoms with Crippen molar-refractivity contribution in [3.05, 3.63) is 58.6 Å². The lowest BCUT2D eigenvalue weighted by atomic mass is 10.1. The third kappa shape index (κ3) is 3.20. The molecule has 0 fully saturated rings. The summed E-state index contributed by atoms with van der Waals surface area (Å²) in [7, 11) is 1.50. The number of phenols is 1. The van der Waals surface area contributed by atoms with Crippen molar-refractivity contribution in [1.29, 1.82) is 0 Å². The standard InChI is InChI=1S/C20H20N4O3S/c1-3-10-28-20-22-19(26)17-13-6-4-5-7-14(13)21-18(24(17)23-20)12-8-9-16(27-2)15(25)11-12/h4-9,11,18,25H,3,10H2,1-2H3,(H,22,23,26). The van der Waals surface area contributed by atoms with Crippen molar-refractivity contribution < 1.29 is 14.6 Å². The number of phenolic OH excluding ortho intramolecular Hbond substituents is 1. The van der Waals surface area contributed by atoms with Gasteiger partial charge in [0, 0.05) is 16.5 Å². The molecule has 1 atom stereocenters. The van der Waals surface area contributed by atoms with Gasteiger partial charge in [-0.1, -0.05) is 43.0 Å². The van der Waals surface area contributed by atoms with Gasteiger partial charge in [0.1, 0.15) is 5.70 Å². The molecule has 1 unspecified atom stereocenters. The number of fused-ring (bicyclic) bond motifs is 2. The third-order valence-corrected chi connectivity index (χ3v) is 5.53. The normalized spacial score (nSPS) is 17.9. The quantitative estimate of drug-likeness (QED) is 0.821. The number of amides is 1. The van der Waals surface area contributed by atoms with Crippen LogP contribution in [0.4, 0.5) is 0 Å². The Kier molecular flexibility index (Phi) is 4.95. The van der Waals surface area contributed by atoms with E-state index in [1.54, 1.807) is 17.1 Å². The molecule has 2 aliphatic heterocycles. The minimum atomic E-state index is -0.565. The number of carbonyl (C=O) groups is 1. The predicted octanol–water partition coefficient (Wildman–Crippen LogP) is 1.69. The molecule has 1 amide bonds. The van der Waals surface area contributed by atoms with Crippen molar-refractivity contribution in [3.63, 3.8) is 0 Å². The Morgan fingerprint density at radius 2 is 2.11 bits per heavy atom. The fourth-order valence-electron chi connectivity index (χ4n) is 3.18. The van der Waals surface area contributed by atoms with E-state index in [1.165, 1.54) is 18.9 Å². The van der Waals surface area contributed by atoms with E-state index in [2.05, 4.69) is 17.3 Å². The Morgan fingerprint density at radius 1 is 1.29 bits per heavy atom. The Morgan fingerprint density at radius 3 is 2.86 bits per heavy atom. The van der Waals surface area contributed by atoms with Crippen LogP contribution in [0.1, 0.15) is 25.1 Å². The summed E-state index contributed by atoms with van der Waals surface area (Å²) in [5.41, 5.74) is 1.16. The number of methoxy groups -OCH3 is 1.